The van der Waals surface area contributed by atoms with E-state index >= 15 is 0 Å². The first-order valence-corrected chi connectivity index (χ1v) is 6.46. The number of rotatable bonds is 6. The van der Waals surface area contributed by atoms with Crippen molar-refractivity contribution in [3.63, 3.8) is 0 Å². The van der Waals surface area contributed by atoms with E-state index in [1.54, 1.807) is 0 Å². The molecule has 0 aromatic heterocycles. The van der Waals surface area contributed by atoms with E-state index in [1.807, 2.05) is 5.70 Å². The first kappa shape index (κ1) is 11.8. The van der Waals surface area contributed by atoms with Crippen LogP contribution in [0.25, 0.3) is 0 Å². The molecule has 0 heterocycles. The zero-order valence-corrected chi connectivity index (χ0v) is 9.65. The van der Waals surface area contributed by atoms with Crippen molar-refractivity contribution < 1.29 is 0 Å². The molecule has 0 fully saturated rings. The topological polar surface area (TPSA) is 27.3 Å². The Hall–Kier alpha value is -0.163. The lowest BCUT2D eigenvalue weighted by atomic mass is 10.8. The van der Waals surface area contributed by atoms with Crippen molar-refractivity contribution in [3.8, 4) is 0 Å². The second kappa shape index (κ2) is 5.48. The average Bonchev–Trinajstić information content (AvgIpc) is 2.03. The highest BCUT2D eigenvalue weighted by Gasteiger charge is 2.31. The van der Waals surface area contributed by atoms with Crippen LogP contribution in [0.1, 0.15) is 13.8 Å². The fourth-order valence-corrected chi connectivity index (χ4v) is 3.73. The van der Waals surface area contributed by atoms with Crippen LogP contribution in [0.3, 0.4) is 0 Å². The summed E-state index contributed by atoms with van der Waals surface area (Å²) in [6.07, 6.45) is 0. The van der Waals surface area contributed by atoms with Crippen molar-refractivity contribution in [2.24, 2.45) is 0 Å². The van der Waals surface area contributed by atoms with Crippen LogP contribution in [0.4, 0.5) is 0 Å². The van der Waals surface area contributed by atoms with Crippen LogP contribution in [-0.2, 0) is 0 Å². The van der Waals surface area contributed by atoms with Crippen molar-refractivity contribution in [3.05, 3.63) is 12.3 Å². The molecule has 0 aliphatic carbocycles. The summed E-state index contributed by atoms with van der Waals surface area (Å²) in [5.41, 5.74) is 2.03. The van der Waals surface area contributed by atoms with Crippen molar-refractivity contribution in [1.29, 1.82) is 0 Å². The van der Waals surface area contributed by atoms with E-state index in [9.17, 15) is 0 Å². The minimum Gasteiger partial charge on any atom is -0.310 e. The van der Waals surface area contributed by atoms with E-state index in [-0.39, 0.29) is 0 Å². The summed E-state index contributed by atoms with van der Waals surface area (Å²) < 4.78 is 2.22. The molecule has 0 aliphatic rings. The molecule has 0 atom stereocenters. The predicted molar refractivity (Wildman–Crippen MR) is 57.0 cm³/mol. The largest absolute Gasteiger partial charge is 0.310 e. The molecule has 2 N–H and O–H groups in total. The van der Waals surface area contributed by atoms with E-state index in [4.69, 9.17) is 0 Å². The van der Waals surface area contributed by atoms with Crippen molar-refractivity contribution in [1.82, 2.24) is 14.5 Å². The SMILES string of the molecule is C=C[Si](NCC)(NCC)N(C)C. The van der Waals surface area contributed by atoms with Crippen LogP contribution in [-0.4, -0.2) is 40.3 Å². The fourth-order valence-electron chi connectivity index (χ4n) is 1.24. The Morgan fingerprint density at radius 1 is 1.25 bits per heavy atom. The summed E-state index contributed by atoms with van der Waals surface area (Å²) in [4.78, 5) is 6.96. The van der Waals surface area contributed by atoms with Gasteiger partial charge in [-0.2, -0.15) is 0 Å². The molecule has 0 saturated carbocycles. The third kappa shape index (κ3) is 2.71. The maximum atomic E-state index is 3.89. The molecule has 0 amide bonds. The lowest BCUT2D eigenvalue weighted by molar-refractivity contribution is 0.571. The van der Waals surface area contributed by atoms with Gasteiger partial charge in [0.25, 0.3) is 0 Å². The molecular formula is C8H21N3Si. The molecule has 0 radical (unpaired) electrons. The molecule has 0 spiro atoms. The highest BCUT2D eigenvalue weighted by atomic mass is 28.4. The Kier molecular flexibility index (Phi) is 5.40. The number of nitrogens with one attached hydrogen (secondary N) is 2. The molecule has 0 aromatic rings. The van der Waals surface area contributed by atoms with Crippen LogP contribution in [0, 0.1) is 0 Å². The van der Waals surface area contributed by atoms with Crippen LogP contribution >= 0.6 is 0 Å². The van der Waals surface area contributed by atoms with E-state index in [0.717, 1.165) is 13.1 Å². The maximum absolute atomic E-state index is 3.89. The van der Waals surface area contributed by atoms with Gasteiger partial charge >= 0.3 is 8.56 Å². The van der Waals surface area contributed by atoms with E-state index in [2.05, 4.69) is 49.1 Å². The number of hydrogen-bond donors (Lipinski definition) is 2. The first-order chi connectivity index (χ1) is 5.63. The Balaban J connectivity index is 4.38. The number of nitrogens with zero attached hydrogens (tertiary/aromatic N) is 1. The van der Waals surface area contributed by atoms with Gasteiger partial charge in [-0.05, 0) is 27.2 Å². The summed E-state index contributed by atoms with van der Waals surface area (Å²) in [6.45, 7) is 10.1. The van der Waals surface area contributed by atoms with Gasteiger partial charge in [0.1, 0.15) is 0 Å². The predicted octanol–water partition coefficient (Wildman–Crippen LogP) is 0.431. The molecule has 0 unspecified atom stereocenters. The molecule has 0 saturated heterocycles. The first-order valence-electron chi connectivity index (χ1n) is 4.44. The van der Waals surface area contributed by atoms with Crippen LogP contribution in [0.15, 0.2) is 12.3 Å². The third-order valence-corrected chi connectivity index (χ3v) is 5.68. The van der Waals surface area contributed by atoms with Gasteiger partial charge < -0.3 is 14.5 Å². The average molecular weight is 187 g/mol. The molecule has 0 rings (SSSR count). The second-order valence-corrected chi connectivity index (χ2v) is 6.47. The van der Waals surface area contributed by atoms with Gasteiger partial charge in [-0.1, -0.05) is 19.5 Å². The lowest BCUT2D eigenvalue weighted by Crippen LogP contribution is -2.70. The number of hydrogen-bond acceptors (Lipinski definition) is 3. The molecule has 0 bridgehead atoms. The van der Waals surface area contributed by atoms with Gasteiger partial charge in [0.2, 0.25) is 0 Å². The Morgan fingerprint density at radius 2 is 1.67 bits per heavy atom. The van der Waals surface area contributed by atoms with Gasteiger partial charge in [0.05, 0.1) is 0 Å². The van der Waals surface area contributed by atoms with Gasteiger partial charge in [-0.3, -0.25) is 0 Å². The molecular weight excluding hydrogens is 166 g/mol. The Morgan fingerprint density at radius 3 is 1.83 bits per heavy atom. The molecule has 12 heavy (non-hydrogen) atoms. The summed E-state index contributed by atoms with van der Waals surface area (Å²) in [5, 5.41) is 0. The zero-order chi connectivity index (χ0) is 9.61. The smallest absolute Gasteiger partial charge is 0.309 e. The van der Waals surface area contributed by atoms with Crippen molar-refractivity contribution in [2.75, 3.05) is 27.2 Å². The second-order valence-electron chi connectivity index (χ2n) is 2.93. The maximum Gasteiger partial charge on any atom is 0.309 e. The van der Waals surface area contributed by atoms with Crippen molar-refractivity contribution >= 4 is 8.56 Å². The minimum absolute atomic E-state index is 0.976. The molecule has 3 nitrogen and oxygen atoms in total. The zero-order valence-electron chi connectivity index (χ0n) is 8.65. The third-order valence-electron chi connectivity index (χ3n) is 1.89. The van der Waals surface area contributed by atoms with Crippen molar-refractivity contribution in [2.45, 2.75) is 13.8 Å². The van der Waals surface area contributed by atoms with Gasteiger partial charge in [-0.25, -0.2) is 0 Å². The van der Waals surface area contributed by atoms with Gasteiger partial charge in [0, 0.05) is 0 Å². The molecule has 4 heteroatoms. The minimum atomic E-state index is -1.75. The summed E-state index contributed by atoms with van der Waals surface area (Å²) >= 11 is 0. The molecule has 0 aromatic carbocycles. The molecule has 72 valence electrons. The van der Waals surface area contributed by atoms with E-state index in [0.29, 0.717) is 0 Å². The fraction of sp³-hybridized carbons (Fsp3) is 0.750. The van der Waals surface area contributed by atoms with Gasteiger partial charge in [0.15, 0.2) is 0 Å². The monoisotopic (exact) mass is 187 g/mol. The highest BCUT2D eigenvalue weighted by Crippen LogP contribution is 1.98. The van der Waals surface area contributed by atoms with Crippen LogP contribution in [0.2, 0.25) is 0 Å². The normalized spacial score (nSPS) is 12.1. The lowest BCUT2D eigenvalue weighted by Gasteiger charge is -2.34. The van der Waals surface area contributed by atoms with E-state index in [1.165, 1.54) is 0 Å². The summed E-state index contributed by atoms with van der Waals surface area (Å²) in [5.74, 6) is 0. The standard InChI is InChI=1S/C8H21N3Si/c1-6-9-12(8-3,10-7-2)11(4)5/h8-10H,3,6-7H2,1-2,4-5H3. The highest BCUT2D eigenvalue weighted by molar-refractivity contribution is 6.77. The quantitative estimate of drug-likeness (QED) is 0.591. The van der Waals surface area contributed by atoms with E-state index < -0.39 is 8.56 Å². The summed E-state index contributed by atoms with van der Waals surface area (Å²) in [7, 11) is 2.42. The Bertz CT molecular complexity index is 130. The molecule has 0 aliphatic heterocycles. The Labute approximate surface area is 77.1 Å². The summed E-state index contributed by atoms with van der Waals surface area (Å²) in [6, 6.07) is 0. The van der Waals surface area contributed by atoms with Crippen LogP contribution < -0.4 is 9.96 Å². The van der Waals surface area contributed by atoms with Crippen LogP contribution in [0.5, 0.6) is 0 Å². The van der Waals surface area contributed by atoms with Gasteiger partial charge in [-0.15, -0.1) is 6.58 Å².